The van der Waals surface area contributed by atoms with E-state index in [0.717, 1.165) is 10.0 Å². The van der Waals surface area contributed by atoms with E-state index in [0.29, 0.717) is 5.82 Å². The number of aromatic nitrogens is 1. The number of hydrogen-bond donors (Lipinski definition) is 0. The van der Waals surface area contributed by atoms with Gasteiger partial charge in [0, 0.05) is 34.3 Å². The second kappa shape index (κ2) is 4.79. The summed E-state index contributed by atoms with van der Waals surface area (Å²) in [5, 5.41) is -0.864. The number of carbonyl (C=O) groups is 1. The molecule has 1 aromatic heterocycles. The van der Waals surface area contributed by atoms with Crippen molar-refractivity contribution in [2.75, 3.05) is 11.4 Å². The molecule has 8 heteroatoms. The fourth-order valence-corrected chi connectivity index (χ4v) is 3.00. The van der Waals surface area contributed by atoms with E-state index in [2.05, 4.69) is 20.9 Å². The highest BCUT2D eigenvalue weighted by Crippen LogP contribution is 2.27. The molecule has 1 amide bonds. The van der Waals surface area contributed by atoms with E-state index in [-0.39, 0.29) is 18.9 Å². The van der Waals surface area contributed by atoms with Crippen LogP contribution >= 0.6 is 26.6 Å². The third-order valence-electron chi connectivity index (χ3n) is 2.80. The number of amides is 1. The molecule has 1 saturated heterocycles. The lowest BCUT2D eigenvalue weighted by atomic mass is 10.3. The molecule has 1 unspecified atom stereocenters. The van der Waals surface area contributed by atoms with Crippen molar-refractivity contribution >= 4 is 47.4 Å². The first-order chi connectivity index (χ1) is 8.29. The summed E-state index contributed by atoms with van der Waals surface area (Å²) in [4.78, 5) is 17.2. The Kier molecular flexibility index (Phi) is 3.66. The lowest BCUT2D eigenvalue weighted by Gasteiger charge is -2.15. The second-order valence-corrected chi connectivity index (χ2v) is 7.86. The van der Waals surface area contributed by atoms with E-state index < -0.39 is 14.3 Å². The second-order valence-electron chi connectivity index (χ2n) is 4.10. The first-order valence-electron chi connectivity index (χ1n) is 5.15. The minimum Gasteiger partial charge on any atom is -0.295 e. The van der Waals surface area contributed by atoms with Gasteiger partial charge in [0.05, 0.1) is 0 Å². The van der Waals surface area contributed by atoms with E-state index in [1.165, 1.54) is 4.90 Å². The van der Waals surface area contributed by atoms with Crippen molar-refractivity contribution in [1.29, 1.82) is 0 Å². The van der Waals surface area contributed by atoms with Gasteiger partial charge in [0.15, 0.2) is 0 Å². The van der Waals surface area contributed by atoms with Gasteiger partial charge in [-0.3, -0.25) is 9.69 Å². The molecular formula is C10H10BrClN2O3S. The van der Waals surface area contributed by atoms with E-state index in [9.17, 15) is 13.2 Å². The van der Waals surface area contributed by atoms with E-state index >= 15 is 0 Å². The van der Waals surface area contributed by atoms with Crippen LogP contribution < -0.4 is 4.90 Å². The lowest BCUT2D eigenvalue weighted by molar-refractivity contribution is -0.117. The molecule has 0 bridgehead atoms. The van der Waals surface area contributed by atoms with E-state index in [4.69, 9.17) is 10.7 Å². The van der Waals surface area contributed by atoms with E-state index in [1.54, 1.807) is 12.3 Å². The maximum absolute atomic E-state index is 11.8. The van der Waals surface area contributed by atoms with Crippen LogP contribution in [0.5, 0.6) is 0 Å². The third kappa shape index (κ3) is 2.67. The summed E-state index contributed by atoms with van der Waals surface area (Å²) >= 11 is 3.31. The molecule has 1 aliphatic heterocycles. The maximum atomic E-state index is 11.8. The molecule has 2 heterocycles. The number of pyridine rings is 1. The monoisotopic (exact) mass is 352 g/mol. The molecule has 0 aromatic carbocycles. The van der Waals surface area contributed by atoms with Crippen molar-refractivity contribution in [2.45, 2.75) is 18.6 Å². The predicted octanol–water partition coefficient (Wildman–Crippen LogP) is 1.83. The van der Waals surface area contributed by atoms with Crippen molar-refractivity contribution in [1.82, 2.24) is 4.98 Å². The molecule has 18 heavy (non-hydrogen) atoms. The van der Waals surface area contributed by atoms with Crippen LogP contribution in [0, 0.1) is 6.92 Å². The number of nitrogens with zero attached hydrogens (tertiary/aromatic N) is 2. The van der Waals surface area contributed by atoms with Gasteiger partial charge in [0.25, 0.3) is 0 Å². The zero-order valence-corrected chi connectivity index (χ0v) is 12.6. The maximum Gasteiger partial charge on any atom is 0.237 e. The number of aryl methyl sites for hydroxylation is 1. The Balaban J connectivity index is 2.30. The summed E-state index contributed by atoms with van der Waals surface area (Å²) in [5.41, 5.74) is 0.921. The highest BCUT2D eigenvalue weighted by atomic mass is 79.9. The molecule has 1 aromatic rings. The number of anilines is 1. The normalized spacial score (nSPS) is 20.5. The van der Waals surface area contributed by atoms with Gasteiger partial charge in [0.1, 0.15) is 11.1 Å². The molecule has 0 aliphatic carbocycles. The van der Waals surface area contributed by atoms with Crippen LogP contribution in [0.4, 0.5) is 5.82 Å². The van der Waals surface area contributed by atoms with Crippen LogP contribution in [0.2, 0.25) is 0 Å². The molecule has 2 rings (SSSR count). The minimum absolute atomic E-state index is 0.0543. The average molecular weight is 354 g/mol. The Labute approximate surface area is 118 Å². The molecule has 0 radical (unpaired) electrons. The summed E-state index contributed by atoms with van der Waals surface area (Å²) < 4.78 is 23.3. The first-order valence-corrected chi connectivity index (χ1v) is 8.31. The van der Waals surface area contributed by atoms with Gasteiger partial charge in [-0.15, -0.1) is 0 Å². The Morgan fingerprint density at radius 1 is 1.56 bits per heavy atom. The fraction of sp³-hybridized carbons (Fsp3) is 0.400. The van der Waals surface area contributed by atoms with Crippen molar-refractivity contribution in [3.63, 3.8) is 0 Å². The number of rotatable bonds is 2. The fourth-order valence-electron chi connectivity index (χ4n) is 1.76. The highest BCUT2D eigenvalue weighted by molar-refractivity contribution is 9.10. The van der Waals surface area contributed by atoms with Gasteiger partial charge in [0.2, 0.25) is 15.0 Å². The van der Waals surface area contributed by atoms with Crippen LogP contribution in [-0.2, 0) is 13.8 Å². The van der Waals surface area contributed by atoms with Gasteiger partial charge in [-0.25, -0.2) is 13.4 Å². The van der Waals surface area contributed by atoms with Crippen LogP contribution in [0.15, 0.2) is 16.7 Å². The molecule has 5 nitrogen and oxygen atoms in total. The van der Waals surface area contributed by atoms with Crippen LogP contribution in [0.3, 0.4) is 0 Å². The van der Waals surface area contributed by atoms with Gasteiger partial charge < -0.3 is 0 Å². The zero-order chi connectivity index (χ0) is 13.5. The largest absolute Gasteiger partial charge is 0.295 e. The van der Waals surface area contributed by atoms with Gasteiger partial charge >= 0.3 is 0 Å². The van der Waals surface area contributed by atoms with Gasteiger partial charge in [-0.05, 0) is 34.5 Å². The number of hydrogen-bond acceptors (Lipinski definition) is 4. The summed E-state index contributed by atoms with van der Waals surface area (Å²) in [7, 11) is 1.56. The lowest BCUT2D eigenvalue weighted by Crippen LogP contribution is -2.27. The van der Waals surface area contributed by atoms with Crippen molar-refractivity contribution < 1.29 is 13.2 Å². The topological polar surface area (TPSA) is 67.3 Å². The summed E-state index contributed by atoms with van der Waals surface area (Å²) in [6, 6.07) is 1.73. The van der Waals surface area contributed by atoms with Gasteiger partial charge in [-0.2, -0.15) is 0 Å². The van der Waals surface area contributed by atoms with Crippen LogP contribution in [0.25, 0.3) is 0 Å². The van der Waals surface area contributed by atoms with Crippen molar-refractivity contribution in [2.24, 2.45) is 0 Å². The van der Waals surface area contributed by atoms with Gasteiger partial charge in [-0.1, -0.05) is 0 Å². The SMILES string of the molecule is Cc1cc(N2CC(S(=O)(=O)Cl)CC2=O)ncc1Br. The third-order valence-corrected chi connectivity index (χ3v) is 5.49. The molecule has 0 N–H and O–H groups in total. The molecule has 0 saturated carbocycles. The quantitative estimate of drug-likeness (QED) is 0.761. The Morgan fingerprint density at radius 3 is 2.72 bits per heavy atom. The Bertz CT molecular complexity index is 605. The van der Waals surface area contributed by atoms with Crippen molar-refractivity contribution in [3.05, 3.63) is 22.3 Å². The molecule has 1 fully saturated rings. The summed E-state index contributed by atoms with van der Waals surface area (Å²) in [5.74, 6) is 0.168. The predicted molar refractivity (Wildman–Crippen MR) is 72.2 cm³/mol. The average Bonchev–Trinajstić information content (AvgIpc) is 2.64. The molecule has 98 valence electrons. The molecule has 1 aliphatic rings. The number of carbonyl (C=O) groups excluding carboxylic acids is 1. The standard InChI is InChI=1S/C10H10BrClN2O3S/c1-6-2-9(13-4-8(6)11)14-5-7(3-10(14)15)18(12,16)17/h2,4,7H,3,5H2,1H3. The van der Waals surface area contributed by atoms with Crippen molar-refractivity contribution in [3.8, 4) is 0 Å². The molecule has 0 spiro atoms. The number of halogens is 2. The van der Waals surface area contributed by atoms with E-state index in [1.807, 2.05) is 6.92 Å². The smallest absolute Gasteiger partial charge is 0.237 e. The van der Waals surface area contributed by atoms with Crippen LogP contribution in [0.1, 0.15) is 12.0 Å². The van der Waals surface area contributed by atoms with Crippen LogP contribution in [-0.4, -0.2) is 31.1 Å². The summed E-state index contributed by atoms with van der Waals surface area (Å²) in [6.45, 7) is 1.92. The molecular weight excluding hydrogens is 344 g/mol. The highest BCUT2D eigenvalue weighted by Gasteiger charge is 2.38. The molecule has 1 atom stereocenters. The summed E-state index contributed by atoms with van der Waals surface area (Å²) in [6.07, 6.45) is 1.49. The zero-order valence-electron chi connectivity index (χ0n) is 9.43. The Morgan fingerprint density at radius 2 is 2.22 bits per heavy atom. The first kappa shape index (κ1) is 13.8. The minimum atomic E-state index is -3.72. The Hall–Kier alpha value is -0.660.